The number of hydrogen-bond acceptors (Lipinski definition) is 5. The first-order valence-corrected chi connectivity index (χ1v) is 11.2. The second-order valence-corrected chi connectivity index (χ2v) is 8.39. The van der Waals surface area contributed by atoms with E-state index in [0.29, 0.717) is 34.6 Å². The molecule has 0 spiro atoms. The molecule has 1 aliphatic rings. The van der Waals surface area contributed by atoms with Crippen LogP contribution in [0.1, 0.15) is 45.8 Å². The van der Waals surface area contributed by atoms with E-state index in [4.69, 9.17) is 13.9 Å². The zero-order chi connectivity index (χ0) is 24.0. The number of methoxy groups -OCH3 is 1. The topological polar surface area (TPSA) is 69.0 Å². The van der Waals surface area contributed by atoms with Crippen LogP contribution in [0, 0.1) is 13.8 Å². The van der Waals surface area contributed by atoms with Crippen LogP contribution in [-0.4, -0.2) is 19.6 Å². The lowest BCUT2D eigenvalue weighted by atomic mass is 9.97. The van der Waals surface area contributed by atoms with Gasteiger partial charge in [-0.3, -0.25) is 14.5 Å². The van der Waals surface area contributed by atoms with Gasteiger partial charge >= 0.3 is 0 Å². The Bertz CT molecular complexity index is 1470. The molecule has 3 aromatic carbocycles. The van der Waals surface area contributed by atoms with Crippen molar-refractivity contribution in [3.05, 3.63) is 98.9 Å². The largest absolute Gasteiger partial charge is 0.497 e. The third-order valence-electron chi connectivity index (χ3n) is 6.32. The minimum absolute atomic E-state index is 0.0717. The van der Waals surface area contributed by atoms with E-state index in [9.17, 15) is 9.59 Å². The molecule has 4 aromatic rings. The van der Waals surface area contributed by atoms with Gasteiger partial charge in [-0.25, -0.2) is 0 Å². The molecule has 0 bridgehead atoms. The summed E-state index contributed by atoms with van der Waals surface area (Å²) in [6, 6.07) is 17.7. The Balaban J connectivity index is 1.77. The van der Waals surface area contributed by atoms with Crippen LogP contribution in [-0.2, 0) is 0 Å². The van der Waals surface area contributed by atoms with E-state index < -0.39 is 6.04 Å². The van der Waals surface area contributed by atoms with Crippen molar-refractivity contribution < 1.29 is 18.7 Å². The number of carbonyl (C=O) groups is 1. The van der Waals surface area contributed by atoms with E-state index in [-0.39, 0.29) is 17.1 Å². The summed E-state index contributed by atoms with van der Waals surface area (Å²) < 4.78 is 17.1. The Morgan fingerprint density at radius 2 is 1.68 bits per heavy atom. The van der Waals surface area contributed by atoms with Crippen molar-refractivity contribution in [2.75, 3.05) is 18.6 Å². The fourth-order valence-electron chi connectivity index (χ4n) is 4.48. The molecule has 34 heavy (non-hydrogen) atoms. The monoisotopic (exact) mass is 455 g/mol. The normalized spacial score (nSPS) is 15.0. The van der Waals surface area contributed by atoms with Crippen molar-refractivity contribution in [1.82, 2.24) is 0 Å². The molecular weight excluding hydrogens is 430 g/mol. The quantitative estimate of drug-likeness (QED) is 0.394. The van der Waals surface area contributed by atoms with Gasteiger partial charge in [0.05, 0.1) is 30.7 Å². The van der Waals surface area contributed by atoms with Crippen LogP contribution in [0.5, 0.6) is 11.5 Å². The fraction of sp³-hybridized carbons (Fsp3) is 0.214. The van der Waals surface area contributed by atoms with Crippen LogP contribution in [0.2, 0.25) is 0 Å². The van der Waals surface area contributed by atoms with Crippen molar-refractivity contribution in [3.8, 4) is 11.5 Å². The van der Waals surface area contributed by atoms with Gasteiger partial charge in [-0.15, -0.1) is 0 Å². The Hall–Kier alpha value is -4.06. The van der Waals surface area contributed by atoms with Crippen LogP contribution >= 0.6 is 0 Å². The molecule has 0 saturated heterocycles. The van der Waals surface area contributed by atoms with E-state index in [1.54, 1.807) is 18.1 Å². The predicted octanol–water partition coefficient (Wildman–Crippen LogP) is 5.57. The van der Waals surface area contributed by atoms with E-state index in [0.717, 1.165) is 22.4 Å². The van der Waals surface area contributed by atoms with Gasteiger partial charge in [-0.2, -0.15) is 0 Å². The van der Waals surface area contributed by atoms with Crippen LogP contribution in [0.4, 0.5) is 5.69 Å². The summed E-state index contributed by atoms with van der Waals surface area (Å²) in [6.07, 6.45) is 0. The maximum absolute atomic E-state index is 13.8. The summed E-state index contributed by atoms with van der Waals surface area (Å²) in [6.45, 7) is 6.38. The number of fused-ring (bicyclic) bond motifs is 2. The van der Waals surface area contributed by atoms with E-state index in [2.05, 4.69) is 0 Å². The average Bonchev–Trinajstić information content (AvgIpc) is 3.13. The van der Waals surface area contributed by atoms with E-state index >= 15 is 0 Å². The highest BCUT2D eigenvalue weighted by atomic mass is 16.5. The van der Waals surface area contributed by atoms with Gasteiger partial charge in [0.1, 0.15) is 17.1 Å². The number of benzene rings is 3. The predicted molar refractivity (Wildman–Crippen MR) is 131 cm³/mol. The maximum Gasteiger partial charge on any atom is 0.295 e. The van der Waals surface area contributed by atoms with Gasteiger partial charge in [0.2, 0.25) is 5.76 Å². The SMILES string of the molecule is CCOc1ccc(C2c3c(oc4cc(C)c(C)cc4c3=O)C(=O)N2c2cccc(OC)c2)cc1. The summed E-state index contributed by atoms with van der Waals surface area (Å²) in [7, 11) is 1.58. The van der Waals surface area contributed by atoms with Crippen LogP contribution in [0.25, 0.3) is 11.0 Å². The van der Waals surface area contributed by atoms with Gasteiger partial charge in [-0.1, -0.05) is 18.2 Å². The van der Waals surface area contributed by atoms with Crippen molar-refractivity contribution in [2.45, 2.75) is 26.8 Å². The molecule has 172 valence electrons. The van der Waals surface area contributed by atoms with Crippen LogP contribution in [0.15, 0.2) is 69.9 Å². The molecule has 1 unspecified atom stereocenters. The summed E-state index contributed by atoms with van der Waals surface area (Å²) in [5.41, 5.74) is 3.95. The molecule has 1 atom stereocenters. The molecular formula is C28H25NO5. The molecule has 1 aliphatic heterocycles. The summed E-state index contributed by atoms with van der Waals surface area (Å²) in [5, 5.41) is 0.470. The minimum Gasteiger partial charge on any atom is -0.497 e. The van der Waals surface area contributed by atoms with Gasteiger partial charge in [0.25, 0.3) is 5.91 Å². The molecule has 0 N–H and O–H groups in total. The molecule has 0 saturated carbocycles. The number of amides is 1. The third-order valence-corrected chi connectivity index (χ3v) is 6.32. The van der Waals surface area contributed by atoms with Gasteiger partial charge in [0.15, 0.2) is 5.43 Å². The second-order valence-electron chi connectivity index (χ2n) is 8.39. The first kappa shape index (κ1) is 21.8. The molecule has 6 heteroatoms. The summed E-state index contributed by atoms with van der Waals surface area (Å²) in [4.78, 5) is 29.1. The molecule has 1 amide bonds. The Morgan fingerprint density at radius 1 is 0.941 bits per heavy atom. The summed E-state index contributed by atoms with van der Waals surface area (Å²) in [5.74, 6) is 1.05. The van der Waals surface area contributed by atoms with Crippen LogP contribution < -0.4 is 19.8 Å². The number of nitrogens with zero attached hydrogens (tertiary/aromatic N) is 1. The van der Waals surface area contributed by atoms with Crippen molar-refractivity contribution in [2.24, 2.45) is 0 Å². The molecule has 5 rings (SSSR count). The Kier molecular flexibility index (Phi) is 5.36. The van der Waals surface area contributed by atoms with Gasteiger partial charge in [-0.05, 0) is 73.9 Å². The average molecular weight is 456 g/mol. The smallest absolute Gasteiger partial charge is 0.295 e. The van der Waals surface area contributed by atoms with Gasteiger partial charge in [0, 0.05) is 11.8 Å². The van der Waals surface area contributed by atoms with Crippen molar-refractivity contribution in [3.63, 3.8) is 0 Å². The lowest BCUT2D eigenvalue weighted by Crippen LogP contribution is -2.29. The molecule has 0 radical (unpaired) electrons. The molecule has 0 aliphatic carbocycles. The lowest BCUT2D eigenvalue weighted by Gasteiger charge is -2.25. The Morgan fingerprint density at radius 3 is 2.38 bits per heavy atom. The standard InChI is InChI=1S/C28H25NO5/c1-5-33-20-11-9-18(10-12-20)25-24-26(30)22-13-16(2)17(3)14-23(22)34-27(24)28(31)29(25)19-7-6-8-21(15-19)32-4/h6-15,25H,5H2,1-4H3. The van der Waals surface area contributed by atoms with Gasteiger partial charge < -0.3 is 13.9 Å². The summed E-state index contributed by atoms with van der Waals surface area (Å²) >= 11 is 0. The lowest BCUT2D eigenvalue weighted by molar-refractivity contribution is 0.0971. The zero-order valence-corrected chi connectivity index (χ0v) is 19.5. The first-order chi connectivity index (χ1) is 16.4. The Labute approximate surface area is 197 Å². The molecule has 1 aromatic heterocycles. The number of ether oxygens (including phenoxy) is 2. The highest BCUT2D eigenvalue weighted by Gasteiger charge is 2.43. The minimum atomic E-state index is -0.646. The number of hydrogen-bond donors (Lipinski definition) is 0. The van der Waals surface area contributed by atoms with E-state index in [1.807, 2.05) is 75.4 Å². The first-order valence-electron chi connectivity index (χ1n) is 11.2. The number of rotatable bonds is 5. The zero-order valence-electron chi connectivity index (χ0n) is 19.5. The number of aryl methyl sites for hydroxylation is 2. The van der Waals surface area contributed by atoms with E-state index in [1.165, 1.54) is 0 Å². The highest BCUT2D eigenvalue weighted by Crippen LogP contribution is 2.42. The molecule has 0 fully saturated rings. The number of carbonyl (C=O) groups excluding carboxylic acids is 1. The van der Waals surface area contributed by atoms with Crippen molar-refractivity contribution >= 4 is 22.6 Å². The molecule has 6 nitrogen and oxygen atoms in total. The second kappa shape index (κ2) is 8.37. The molecule has 2 heterocycles. The third kappa shape index (κ3) is 3.43. The number of anilines is 1. The maximum atomic E-state index is 13.8. The van der Waals surface area contributed by atoms with Crippen molar-refractivity contribution in [1.29, 1.82) is 0 Å². The highest BCUT2D eigenvalue weighted by molar-refractivity contribution is 6.10. The van der Waals surface area contributed by atoms with Crippen LogP contribution in [0.3, 0.4) is 0 Å². The fourth-order valence-corrected chi connectivity index (χ4v) is 4.48.